The van der Waals surface area contributed by atoms with Crippen LogP contribution in [0.1, 0.15) is 16.7 Å². The smallest absolute Gasteiger partial charge is 0.332 e. The van der Waals surface area contributed by atoms with Gasteiger partial charge in [-0.2, -0.15) is 4.98 Å². The highest BCUT2D eigenvalue weighted by Crippen LogP contribution is 2.25. The minimum absolute atomic E-state index is 0.338. The molecule has 1 N–H and O–H groups in total. The maximum atomic E-state index is 13.0. The molecule has 0 spiro atoms. The van der Waals surface area contributed by atoms with Crippen LogP contribution in [0, 0.1) is 6.92 Å². The van der Waals surface area contributed by atoms with Gasteiger partial charge in [-0.05, 0) is 42.2 Å². The van der Waals surface area contributed by atoms with Crippen molar-refractivity contribution in [2.45, 2.75) is 19.9 Å². The number of aromatic nitrogens is 4. The van der Waals surface area contributed by atoms with Crippen LogP contribution in [0.4, 0.5) is 5.95 Å². The average Bonchev–Trinajstić information content (AvgIpc) is 3.12. The second-order valence-electron chi connectivity index (χ2n) is 7.70. The molecule has 0 atom stereocenters. The summed E-state index contributed by atoms with van der Waals surface area (Å²) in [5.74, 6) is 0.504. The minimum atomic E-state index is -0.419. The highest BCUT2D eigenvalue weighted by molar-refractivity contribution is 6.36. The van der Waals surface area contributed by atoms with Crippen LogP contribution in [0.25, 0.3) is 11.2 Å². The monoisotopic (exact) mass is 471 g/mol. The third-order valence-corrected chi connectivity index (χ3v) is 6.37. The molecule has 166 valence electrons. The summed E-state index contributed by atoms with van der Waals surface area (Å²) in [5, 5.41) is 4.51. The SMILES string of the molecule is Cc1ccccc1Cn1c(NCCc2c(Cl)cccc2Cl)nc2c1c(=O)n(C)c(=O)n2C. The Bertz CT molecular complexity index is 1410. The van der Waals surface area contributed by atoms with E-state index in [1.54, 1.807) is 25.2 Å². The predicted octanol–water partition coefficient (Wildman–Crippen LogP) is 3.75. The second-order valence-corrected chi connectivity index (χ2v) is 8.52. The zero-order valence-electron chi connectivity index (χ0n) is 18.0. The van der Waals surface area contributed by atoms with E-state index in [9.17, 15) is 9.59 Å². The van der Waals surface area contributed by atoms with E-state index in [0.29, 0.717) is 46.7 Å². The van der Waals surface area contributed by atoms with E-state index in [-0.39, 0.29) is 5.56 Å². The van der Waals surface area contributed by atoms with Gasteiger partial charge in [-0.3, -0.25) is 18.5 Å². The first-order valence-electron chi connectivity index (χ1n) is 10.2. The van der Waals surface area contributed by atoms with E-state index >= 15 is 0 Å². The number of benzene rings is 2. The molecule has 0 amide bonds. The van der Waals surface area contributed by atoms with Crippen molar-refractivity contribution in [2.75, 3.05) is 11.9 Å². The van der Waals surface area contributed by atoms with Crippen LogP contribution in [0.5, 0.6) is 0 Å². The van der Waals surface area contributed by atoms with Crippen molar-refractivity contribution < 1.29 is 0 Å². The number of fused-ring (bicyclic) bond motifs is 1. The number of hydrogen-bond donors (Lipinski definition) is 1. The number of hydrogen-bond acceptors (Lipinski definition) is 4. The van der Waals surface area contributed by atoms with Crippen molar-refractivity contribution >= 4 is 40.3 Å². The van der Waals surface area contributed by atoms with Crippen LogP contribution >= 0.6 is 23.2 Å². The van der Waals surface area contributed by atoms with E-state index in [1.165, 1.54) is 11.6 Å². The van der Waals surface area contributed by atoms with E-state index < -0.39 is 5.69 Å². The molecule has 0 aliphatic carbocycles. The number of halogens is 2. The first kappa shape index (κ1) is 22.2. The van der Waals surface area contributed by atoms with Crippen LogP contribution in [0.15, 0.2) is 52.1 Å². The third-order valence-electron chi connectivity index (χ3n) is 5.66. The zero-order valence-corrected chi connectivity index (χ0v) is 19.5. The molecule has 0 aliphatic heterocycles. The molecule has 0 saturated heterocycles. The normalized spacial score (nSPS) is 11.3. The fourth-order valence-corrected chi connectivity index (χ4v) is 4.35. The molecule has 2 heterocycles. The van der Waals surface area contributed by atoms with Crippen molar-refractivity contribution in [1.82, 2.24) is 18.7 Å². The summed E-state index contributed by atoms with van der Waals surface area (Å²) in [5.41, 5.74) is 2.91. The Morgan fingerprint density at radius 3 is 2.34 bits per heavy atom. The molecular formula is C23H23Cl2N5O2. The Morgan fingerprint density at radius 1 is 0.969 bits per heavy atom. The molecule has 4 aromatic rings. The molecule has 2 aromatic carbocycles. The van der Waals surface area contributed by atoms with Crippen LogP contribution in [-0.4, -0.2) is 25.2 Å². The molecule has 2 aromatic heterocycles. The van der Waals surface area contributed by atoms with Crippen LogP contribution < -0.4 is 16.6 Å². The van der Waals surface area contributed by atoms with Crippen LogP contribution in [0.2, 0.25) is 10.0 Å². The summed E-state index contributed by atoms with van der Waals surface area (Å²) in [7, 11) is 3.09. The van der Waals surface area contributed by atoms with Crippen molar-refractivity contribution in [3.05, 3.63) is 90.0 Å². The molecule has 0 aliphatic rings. The lowest BCUT2D eigenvalue weighted by Gasteiger charge is -2.13. The van der Waals surface area contributed by atoms with Gasteiger partial charge in [0, 0.05) is 30.7 Å². The van der Waals surface area contributed by atoms with Crippen molar-refractivity contribution in [3.63, 3.8) is 0 Å². The highest BCUT2D eigenvalue weighted by Gasteiger charge is 2.20. The van der Waals surface area contributed by atoms with Gasteiger partial charge in [0.1, 0.15) is 0 Å². The number of imidazole rings is 1. The van der Waals surface area contributed by atoms with E-state index in [4.69, 9.17) is 23.2 Å². The maximum absolute atomic E-state index is 13.0. The fourth-order valence-electron chi connectivity index (χ4n) is 3.76. The van der Waals surface area contributed by atoms with Gasteiger partial charge in [0.15, 0.2) is 11.2 Å². The summed E-state index contributed by atoms with van der Waals surface area (Å²) < 4.78 is 4.32. The molecule has 9 heteroatoms. The molecular weight excluding hydrogens is 449 g/mol. The van der Waals surface area contributed by atoms with Crippen LogP contribution in [-0.2, 0) is 27.1 Å². The minimum Gasteiger partial charge on any atom is -0.355 e. The molecule has 7 nitrogen and oxygen atoms in total. The summed E-state index contributed by atoms with van der Waals surface area (Å²) >= 11 is 12.6. The largest absolute Gasteiger partial charge is 0.355 e. The quantitative estimate of drug-likeness (QED) is 0.464. The lowest BCUT2D eigenvalue weighted by Crippen LogP contribution is -2.37. The average molecular weight is 472 g/mol. The maximum Gasteiger partial charge on any atom is 0.332 e. The first-order valence-corrected chi connectivity index (χ1v) is 10.9. The van der Waals surface area contributed by atoms with Crippen molar-refractivity contribution in [3.8, 4) is 0 Å². The Hall–Kier alpha value is -3.03. The van der Waals surface area contributed by atoms with E-state index in [0.717, 1.165) is 21.3 Å². The van der Waals surface area contributed by atoms with E-state index in [1.807, 2.05) is 35.8 Å². The van der Waals surface area contributed by atoms with Gasteiger partial charge in [0.25, 0.3) is 5.56 Å². The Kier molecular flexibility index (Phi) is 6.13. The van der Waals surface area contributed by atoms with Gasteiger partial charge in [-0.15, -0.1) is 0 Å². The Balaban J connectivity index is 1.78. The van der Waals surface area contributed by atoms with E-state index in [2.05, 4.69) is 10.3 Å². The molecule has 0 bridgehead atoms. The van der Waals surface area contributed by atoms with Gasteiger partial charge in [-0.25, -0.2) is 4.79 Å². The summed E-state index contributed by atoms with van der Waals surface area (Å²) in [6.45, 7) is 2.95. The van der Waals surface area contributed by atoms with Crippen molar-refractivity contribution in [1.29, 1.82) is 0 Å². The molecule has 0 radical (unpaired) electrons. The second kappa shape index (κ2) is 8.84. The highest BCUT2D eigenvalue weighted by atomic mass is 35.5. The predicted molar refractivity (Wildman–Crippen MR) is 129 cm³/mol. The molecule has 4 rings (SSSR count). The fraction of sp³-hybridized carbons (Fsp3) is 0.261. The third kappa shape index (κ3) is 3.94. The first-order chi connectivity index (χ1) is 15.3. The summed E-state index contributed by atoms with van der Waals surface area (Å²) in [4.78, 5) is 30.1. The zero-order chi connectivity index (χ0) is 23.0. The molecule has 0 fully saturated rings. The molecule has 0 unspecified atom stereocenters. The van der Waals surface area contributed by atoms with Gasteiger partial charge >= 0.3 is 5.69 Å². The Morgan fingerprint density at radius 2 is 1.66 bits per heavy atom. The standard InChI is InChI=1S/C23H23Cl2N5O2/c1-14-7-4-5-8-15(14)13-30-19-20(28(2)23(32)29(3)21(19)31)27-22(30)26-12-11-16-17(24)9-6-10-18(16)25/h4-10H,11-13H2,1-3H3,(H,26,27). The number of nitrogens with zero attached hydrogens (tertiary/aromatic N) is 4. The number of nitrogens with one attached hydrogen (secondary N) is 1. The number of aryl methyl sites for hydroxylation is 2. The topological polar surface area (TPSA) is 73.8 Å². The summed E-state index contributed by atoms with van der Waals surface area (Å²) in [6.07, 6.45) is 0.572. The van der Waals surface area contributed by atoms with Crippen molar-refractivity contribution in [2.24, 2.45) is 14.1 Å². The number of anilines is 1. The Labute approximate surface area is 194 Å². The molecule has 32 heavy (non-hydrogen) atoms. The van der Waals surface area contributed by atoms with Crippen LogP contribution in [0.3, 0.4) is 0 Å². The van der Waals surface area contributed by atoms with Gasteiger partial charge in [0.05, 0.1) is 6.54 Å². The lowest BCUT2D eigenvalue weighted by atomic mass is 10.1. The number of rotatable bonds is 6. The summed E-state index contributed by atoms with van der Waals surface area (Å²) in [6, 6.07) is 13.4. The van der Waals surface area contributed by atoms with Gasteiger partial charge < -0.3 is 5.32 Å². The van der Waals surface area contributed by atoms with Gasteiger partial charge in [0.2, 0.25) is 5.95 Å². The molecule has 0 saturated carbocycles. The van der Waals surface area contributed by atoms with Gasteiger partial charge in [-0.1, -0.05) is 53.5 Å². The lowest BCUT2D eigenvalue weighted by molar-refractivity contribution is 0.702.